The lowest BCUT2D eigenvalue weighted by Crippen LogP contribution is -2.00. The van der Waals surface area contributed by atoms with Crippen molar-refractivity contribution in [1.29, 1.82) is 5.26 Å². The number of ether oxygens (including phenoxy) is 1. The highest BCUT2D eigenvalue weighted by Gasteiger charge is 2.06. The average molecular weight is 264 g/mol. The topological polar surface area (TPSA) is 50.1 Å². The van der Waals surface area contributed by atoms with Crippen molar-refractivity contribution in [2.75, 3.05) is 7.11 Å². The zero-order chi connectivity index (χ0) is 11.3. The van der Waals surface area contributed by atoms with Crippen LogP contribution >= 0.6 is 15.9 Å². The predicted octanol–water partition coefficient (Wildman–Crippen LogP) is 2.11. The molecule has 0 aliphatic heterocycles. The summed E-state index contributed by atoms with van der Waals surface area (Å²) < 4.78 is 5.22. The molecule has 4 heteroatoms. The van der Waals surface area contributed by atoms with Crippen molar-refractivity contribution in [1.82, 2.24) is 0 Å². The number of nitrogens with zero attached hydrogens (tertiary/aromatic N) is 1. The predicted molar refractivity (Wildman–Crippen MR) is 58.0 cm³/mol. The summed E-state index contributed by atoms with van der Waals surface area (Å²) in [6, 6.07) is 6.57. The first-order valence-corrected chi connectivity index (χ1v) is 4.76. The molecule has 0 spiro atoms. The maximum absolute atomic E-state index is 11.2. The molecule has 0 bridgehead atoms. The molecule has 0 saturated carbocycles. The molecule has 1 aromatic carbocycles. The third kappa shape index (κ3) is 2.83. The Kier molecular flexibility index (Phi) is 3.91. The number of carbonyl (C=O) groups excluding carboxylic acids is 1. The second-order valence-electron chi connectivity index (χ2n) is 2.55. The van der Waals surface area contributed by atoms with Crippen LogP contribution in [0, 0.1) is 23.2 Å². The highest BCUT2D eigenvalue weighted by molar-refractivity contribution is 9.10. The van der Waals surface area contributed by atoms with E-state index in [2.05, 4.69) is 32.5 Å². The Morgan fingerprint density at radius 2 is 2.27 bits per heavy atom. The van der Waals surface area contributed by atoms with Crippen LogP contribution in [0.4, 0.5) is 0 Å². The van der Waals surface area contributed by atoms with Crippen LogP contribution in [0.25, 0.3) is 0 Å². The van der Waals surface area contributed by atoms with Crippen LogP contribution in [0.3, 0.4) is 0 Å². The quantitative estimate of drug-likeness (QED) is 0.576. The van der Waals surface area contributed by atoms with Gasteiger partial charge in [0.15, 0.2) is 6.07 Å². The molecule has 3 nitrogen and oxygen atoms in total. The van der Waals surface area contributed by atoms with Gasteiger partial charge in [-0.3, -0.25) is 0 Å². The second-order valence-corrected chi connectivity index (χ2v) is 3.40. The number of nitriles is 1. The molecule has 1 rings (SSSR count). The second kappa shape index (κ2) is 5.19. The Bertz CT molecular complexity index is 492. The summed E-state index contributed by atoms with van der Waals surface area (Å²) in [4.78, 5) is 11.2. The van der Waals surface area contributed by atoms with E-state index in [1.54, 1.807) is 24.3 Å². The number of esters is 1. The Morgan fingerprint density at radius 3 is 2.80 bits per heavy atom. The van der Waals surface area contributed by atoms with Crippen LogP contribution in [-0.2, 0) is 4.74 Å². The van der Waals surface area contributed by atoms with E-state index in [0.717, 1.165) is 0 Å². The lowest BCUT2D eigenvalue weighted by atomic mass is 10.1. The minimum Gasteiger partial charge on any atom is -0.465 e. The van der Waals surface area contributed by atoms with Gasteiger partial charge in [-0.15, -0.1) is 0 Å². The van der Waals surface area contributed by atoms with Gasteiger partial charge in [-0.2, -0.15) is 5.26 Å². The molecule has 0 N–H and O–H groups in total. The zero-order valence-electron chi connectivity index (χ0n) is 7.87. The summed E-state index contributed by atoms with van der Waals surface area (Å²) >= 11 is 3.26. The van der Waals surface area contributed by atoms with Gasteiger partial charge in [0.1, 0.15) is 0 Å². The molecule has 0 radical (unpaired) electrons. The Balaban J connectivity index is 3.10. The van der Waals surface area contributed by atoms with Crippen molar-refractivity contribution >= 4 is 21.9 Å². The molecular formula is C11H6BrNO2. The van der Waals surface area contributed by atoms with Crippen molar-refractivity contribution < 1.29 is 9.53 Å². The molecule has 0 amide bonds. The normalized spacial score (nSPS) is 8.33. The van der Waals surface area contributed by atoms with Crippen LogP contribution in [0.2, 0.25) is 0 Å². The molecule has 74 valence electrons. The fourth-order valence-corrected chi connectivity index (χ4v) is 1.43. The fraction of sp³-hybridized carbons (Fsp3) is 0.0909. The third-order valence-corrected chi connectivity index (χ3v) is 2.30. The SMILES string of the molecule is COC(=O)c1ccc(C#CC#N)c(Br)c1. The molecule has 0 saturated heterocycles. The van der Waals surface area contributed by atoms with Crippen molar-refractivity contribution in [3.63, 3.8) is 0 Å². The molecule has 0 heterocycles. The molecule has 0 atom stereocenters. The first-order chi connectivity index (χ1) is 7.19. The van der Waals surface area contributed by atoms with Gasteiger partial charge in [0.25, 0.3) is 0 Å². The van der Waals surface area contributed by atoms with Gasteiger partial charge in [-0.1, -0.05) is 0 Å². The molecule has 0 fully saturated rings. The van der Waals surface area contributed by atoms with E-state index in [1.807, 2.05) is 0 Å². The number of benzene rings is 1. The fourth-order valence-electron chi connectivity index (χ4n) is 0.957. The van der Waals surface area contributed by atoms with E-state index in [4.69, 9.17) is 5.26 Å². The van der Waals surface area contributed by atoms with E-state index < -0.39 is 5.97 Å². The molecular weight excluding hydrogens is 258 g/mol. The standard InChI is InChI=1S/C11H6BrNO2/c1-15-11(14)9-5-4-8(3-2-6-13)10(12)7-9/h4-5,7H,1H3. The van der Waals surface area contributed by atoms with Gasteiger partial charge in [-0.25, -0.2) is 4.79 Å². The van der Waals surface area contributed by atoms with Gasteiger partial charge in [0.05, 0.1) is 12.7 Å². The third-order valence-electron chi connectivity index (χ3n) is 1.64. The van der Waals surface area contributed by atoms with Crippen molar-refractivity contribution in [2.24, 2.45) is 0 Å². The number of halogens is 1. The van der Waals surface area contributed by atoms with Gasteiger partial charge in [0.2, 0.25) is 0 Å². The van der Waals surface area contributed by atoms with E-state index in [9.17, 15) is 4.79 Å². The number of methoxy groups -OCH3 is 1. The Labute approximate surface area is 95.8 Å². The van der Waals surface area contributed by atoms with Crippen LogP contribution < -0.4 is 0 Å². The smallest absolute Gasteiger partial charge is 0.337 e. The summed E-state index contributed by atoms with van der Waals surface area (Å²) in [6.07, 6.45) is 0. The van der Waals surface area contributed by atoms with Crippen molar-refractivity contribution in [2.45, 2.75) is 0 Å². The van der Waals surface area contributed by atoms with Gasteiger partial charge < -0.3 is 4.74 Å². The average Bonchev–Trinajstić information content (AvgIpc) is 2.26. The van der Waals surface area contributed by atoms with Crippen molar-refractivity contribution in [3.05, 3.63) is 33.8 Å². The summed E-state index contributed by atoms with van der Waals surface area (Å²) in [5.41, 5.74) is 1.09. The Hall–Kier alpha value is -1.78. The summed E-state index contributed by atoms with van der Waals surface area (Å²) in [7, 11) is 1.32. The number of hydrogen-bond donors (Lipinski definition) is 0. The van der Waals surface area contributed by atoms with E-state index in [-0.39, 0.29) is 0 Å². The van der Waals surface area contributed by atoms with Crippen LogP contribution in [-0.4, -0.2) is 13.1 Å². The number of rotatable bonds is 1. The minimum absolute atomic E-state index is 0.407. The first-order valence-electron chi connectivity index (χ1n) is 3.97. The maximum Gasteiger partial charge on any atom is 0.337 e. The molecule has 15 heavy (non-hydrogen) atoms. The maximum atomic E-state index is 11.2. The molecule has 0 aromatic heterocycles. The lowest BCUT2D eigenvalue weighted by molar-refractivity contribution is 0.0600. The van der Waals surface area contributed by atoms with Gasteiger partial charge in [0, 0.05) is 16.0 Å². The monoisotopic (exact) mass is 263 g/mol. The molecule has 0 aliphatic carbocycles. The molecule has 1 aromatic rings. The molecule has 0 unspecified atom stereocenters. The largest absolute Gasteiger partial charge is 0.465 e. The summed E-state index contributed by atoms with van der Waals surface area (Å²) in [6.45, 7) is 0. The number of hydrogen-bond acceptors (Lipinski definition) is 3. The van der Waals surface area contributed by atoms with E-state index >= 15 is 0 Å². The van der Waals surface area contributed by atoms with E-state index in [0.29, 0.717) is 15.6 Å². The first kappa shape index (κ1) is 11.3. The van der Waals surface area contributed by atoms with Crippen LogP contribution in [0.5, 0.6) is 0 Å². The zero-order valence-corrected chi connectivity index (χ0v) is 9.46. The van der Waals surface area contributed by atoms with Crippen molar-refractivity contribution in [3.8, 4) is 17.9 Å². The highest BCUT2D eigenvalue weighted by Crippen LogP contribution is 2.18. The Morgan fingerprint density at radius 1 is 1.53 bits per heavy atom. The summed E-state index contributed by atoms with van der Waals surface area (Å²) in [5.74, 6) is 4.51. The van der Waals surface area contributed by atoms with Gasteiger partial charge in [-0.05, 0) is 40.0 Å². The van der Waals surface area contributed by atoms with Crippen LogP contribution in [0.15, 0.2) is 22.7 Å². The number of carbonyl (C=O) groups is 1. The van der Waals surface area contributed by atoms with Crippen LogP contribution in [0.1, 0.15) is 15.9 Å². The van der Waals surface area contributed by atoms with Gasteiger partial charge >= 0.3 is 5.97 Å². The minimum atomic E-state index is -0.407. The van der Waals surface area contributed by atoms with E-state index in [1.165, 1.54) is 7.11 Å². The molecule has 0 aliphatic rings. The lowest BCUT2D eigenvalue weighted by Gasteiger charge is -2.00. The summed E-state index contributed by atoms with van der Waals surface area (Å²) in [5, 5.41) is 8.29. The highest BCUT2D eigenvalue weighted by atomic mass is 79.9.